The third-order valence-electron chi connectivity index (χ3n) is 4.49. The van der Waals surface area contributed by atoms with Gasteiger partial charge >= 0.3 is 0 Å². The molecule has 1 amide bonds. The maximum Gasteiger partial charge on any atom is 0.244 e. The zero-order valence-corrected chi connectivity index (χ0v) is 18.7. The first-order chi connectivity index (χ1) is 14.8. The van der Waals surface area contributed by atoms with Crippen molar-refractivity contribution in [1.29, 1.82) is 0 Å². The number of halogens is 1. The third kappa shape index (κ3) is 5.46. The van der Waals surface area contributed by atoms with E-state index < -0.39 is 10.0 Å². The van der Waals surface area contributed by atoms with E-state index in [1.54, 1.807) is 44.4 Å². The molecule has 2 heterocycles. The van der Waals surface area contributed by atoms with Crippen LogP contribution in [-0.4, -0.2) is 46.8 Å². The molecule has 0 radical (unpaired) electrons. The highest BCUT2D eigenvalue weighted by molar-refractivity contribution is 7.89. The van der Waals surface area contributed by atoms with Crippen molar-refractivity contribution >= 4 is 33.2 Å². The molecule has 0 saturated carbocycles. The van der Waals surface area contributed by atoms with E-state index in [1.807, 2.05) is 0 Å². The summed E-state index contributed by atoms with van der Waals surface area (Å²) in [5, 5.41) is 6.67. The van der Waals surface area contributed by atoms with Gasteiger partial charge in [0.1, 0.15) is 4.90 Å². The molecule has 0 fully saturated rings. The van der Waals surface area contributed by atoms with Crippen molar-refractivity contribution in [2.75, 3.05) is 18.4 Å². The van der Waals surface area contributed by atoms with E-state index in [9.17, 15) is 13.2 Å². The summed E-state index contributed by atoms with van der Waals surface area (Å²) in [6.45, 7) is 4.13. The molecule has 0 aliphatic carbocycles. The molecule has 0 aliphatic heterocycles. The Kier molecular flexibility index (Phi) is 7.37. The molecule has 9 nitrogen and oxygen atoms in total. The van der Waals surface area contributed by atoms with Crippen LogP contribution in [0, 0.1) is 0 Å². The van der Waals surface area contributed by atoms with Crippen LogP contribution in [0.3, 0.4) is 0 Å². The first-order valence-electron chi connectivity index (χ1n) is 9.67. The molecule has 0 atom stereocenters. The van der Waals surface area contributed by atoms with Crippen molar-refractivity contribution in [3.05, 3.63) is 53.6 Å². The van der Waals surface area contributed by atoms with E-state index in [4.69, 9.17) is 16.1 Å². The van der Waals surface area contributed by atoms with Gasteiger partial charge in [-0.15, -0.1) is 0 Å². The monoisotopic (exact) mass is 463 g/mol. The summed E-state index contributed by atoms with van der Waals surface area (Å²) in [6, 6.07) is 7.93. The Bertz CT molecular complexity index is 1150. The topological polar surface area (TPSA) is 118 Å². The van der Waals surface area contributed by atoms with Gasteiger partial charge in [-0.3, -0.25) is 9.78 Å². The number of benzene rings is 1. The SMILES string of the molecule is CCN(CC)S(=O)(=O)c1cc(NC(=O)CCc2nc(-c3cccnc3)no2)ccc1Cl. The fraction of sp³-hybridized carbons (Fsp3) is 0.300. The summed E-state index contributed by atoms with van der Waals surface area (Å²) in [7, 11) is -3.76. The van der Waals surface area contributed by atoms with Crippen LogP contribution in [0.4, 0.5) is 5.69 Å². The lowest BCUT2D eigenvalue weighted by Gasteiger charge is -2.19. The first kappa shape index (κ1) is 22.9. The largest absolute Gasteiger partial charge is 0.339 e. The van der Waals surface area contributed by atoms with Crippen LogP contribution in [0.15, 0.2) is 52.1 Å². The molecule has 164 valence electrons. The third-order valence-corrected chi connectivity index (χ3v) is 7.02. The average molecular weight is 464 g/mol. The highest BCUT2D eigenvalue weighted by Crippen LogP contribution is 2.28. The number of nitrogens with one attached hydrogen (secondary N) is 1. The predicted octanol–water partition coefficient (Wildman–Crippen LogP) is 3.39. The van der Waals surface area contributed by atoms with Crippen molar-refractivity contribution in [2.24, 2.45) is 0 Å². The maximum atomic E-state index is 12.8. The Balaban J connectivity index is 1.66. The van der Waals surface area contributed by atoms with E-state index in [0.717, 1.165) is 0 Å². The van der Waals surface area contributed by atoms with Gasteiger partial charge < -0.3 is 9.84 Å². The Hall–Kier alpha value is -2.82. The van der Waals surface area contributed by atoms with Gasteiger partial charge in [-0.1, -0.05) is 30.6 Å². The van der Waals surface area contributed by atoms with Crippen LogP contribution in [0.5, 0.6) is 0 Å². The number of rotatable bonds is 9. The minimum Gasteiger partial charge on any atom is -0.339 e. The highest BCUT2D eigenvalue weighted by Gasteiger charge is 2.25. The van der Waals surface area contributed by atoms with E-state index in [0.29, 0.717) is 36.1 Å². The molecule has 3 rings (SSSR count). The second-order valence-corrected chi connectivity index (χ2v) is 8.85. The van der Waals surface area contributed by atoms with Gasteiger partial charge in [-0.2, -0.15) is 9.29 Å². The zero-order valence-electron chi connectivity index (χ0n) is 17.1. The van der Waals surface area contributed by atoms with E-state index in [-0.39, 0.29) is 28.7 Å². The Morgan fingerprint density at radius 1 is 1.23 bits per heavy atom. The minimum atomic E-state index is -3.76. The quantitative estimate of drug-likeness (QED) is 0.516. The number of carbonyl (C=O) groups is 1. The molecular weight excluding hydrogens is 442 g/mol. The molecule has 0 aliphatic rings. The normalized spacial score (nSPS) is 11.6. The minimum absolute atomic E-state index is 0.0475. The van der Waals surface area contributed by atoms with Gasteiger partial charge in [-0.05, 0) is 30.3 Å². The summed E-state index contributed by atoms with van der Waals surface area (Å²) in [4.78, 5) is 20.6. The van der Waals surface area contributed by atoms with Crippen LogP contribution in [0.25, 0.3) is 11.4 Å². The molecule has 11 heteroatoms. The maximum absolute atomic E-state index is 12.8. The molecule has 0 unspecified atom stereocenters. The van der Waals surface area contributed by atoms with Gasteiger partial charge in [-0.25, -0.2) is 8.42 Å². The first-order valence-corrected chi connectivity index (χ1v) is 11.5. The number of hydrogen-bond donors (Lipinski definition) is 1. The standard InChI is InChI=1S/C20H22ClN5O4S/c1-3-26(4-2)31(28,29)17-12-15(7-8-16(17)21)23-18(27)9-10-19-24-20(25-30-19)14-6-5-11-22-13-14/h5-8,11-13H,3-4,9-10H2,1-2H3,(H,23,27). The van der Waals surface area contributed by atoms with Crippen molar-refractivity contribution in [1.82, 2.24) is 19.4 Å². The highest BCUT2D eigenvalue weighted by atomic mass is 35.5. The lowest BCUT2D eigenvalue weighted by atomic mass is 10.2. The van der Waals surface area contributed by atoms with E-state index in [1.165, 1.54) is 16.4 Å². The van der Waals surface area contributed by atoms with Crippen LogP contribution >= 0.6 is 11.6 Å². The second-order valence-electron chi connectivity index (χ2n) is 6.54. The average Bonchev–Trinajstić information content (AvgIpc) is 3.24. The molecule has 31 heavy (non-hydrogen) atoms. The summed E-state index contributed by atoms with van der Waals surface area (Å²) in [5.74, 6) is 0.386. The van der Waals surface area contributed by atoms with Gasteiger partial charge in [0.15, 0.2) is 0 Å². The van der Waals surface area contributed by atoms with Crippen molar-refractivity contribution in [2.45, 2.75) is 31.6 Å². The van der Waals surface area contributed by atoms with E-state index >= 15 is 0 Å². The van der Waals surface area contributed by atoms with Gasteiger partial charge in [0.2, 0.25) is 27.6 Å². The molecule has 0 bridgehead atoms. The number of carbonyl (C=O) groups excluding carboxylic acids is 1. The van der Waals surface area contributed by atoms with Crippen molar-refractivity contribution < 1.29 is 17.7 Å². The second kappa shape index (κ2) is 9.99. The summed E-state index contributed by atoms with van der Waals surface area (Å²) in [6.07, 6.45) is 3.57. The Morgan fingerprint density at radius 3 is 2.68 bits per heavy atom. The molecule has 3 aromatic rings. The lowest BCUT2D eigenvalue weighted by molar-refractivity contribution is -0.116. The van der Waals surface area contributed by atoms with Crippen molar-refractivity contribution in [3.63, 3.8) is 0 Å². The lowest BCUT2D eigenvalue weighted by Crippen LogP contribution is -2.30. The molecule has 0 spiro atoms. The molecule has 1 aromatic carbocycles. The fourth-order valence-corrected chi connectivity index (χ4v) is 4.85. The number of hydrogen-bond acceptors (Lipinski definition) is 7. The number of sulfonamides is 1. The fourth-order valence-electron chi connectivity index (χ4n) is 2.89. The van der Waals surface area contributed by atoms with Crippen LogP contribution in [0.2, 0.25) is 5.02 Å². The summed E-state index contributed by atoms with van der Waals surface area (Å²) in [5.41, 5.74) is 1.05. The number of nitrogens with zero attached hydrogens (tertiary/aromatic N) is 4. The van der Waals surface area contributed by atoms with Crippen LogP contribution < -0.4 is 5.32 Å². The van der Waals surface area contributed by atoms with Gasteiger partial charge in [0, 0.05) is 49.6 Å². The predicted molar refractivity (Wildman–Crippen MR) is 116 cm³/mol. The number of aromatic nitrogens is 3. The van der Waals surface area contributed by atoms with Gasteiger partial charge in [0.05, 0.1) is 5.02 Å². The molecule has 2 aromatic heterocycles. The van der Waals surface area contributed by atoms with Crippen LogP contribution in [0.1, 0.15) is 26.2 Å². The number of anilines is 1. The van der Waals surface area contributed by atoms with Crippen LogP contribution in [-0.2, 0) is 21.2 Å². The summed E-state index contributed by atoms with van der Waals surface area (Å²) >= 11 is 6.12. The Labute approximate surface area is 185 Å². The molecular formula is C20H22ClN5O4S. The Morgan fingerprint density at radius 2 is 2.00 bits per heavy atom. The summed E-state index contributed by atoms with van der Waals surface area (Å²) < 4.78 is 32.0. The molecule has 1 N–H and O–H groups in total. The van der Waals surface area contributed by atoms with E-state index in [2.05, 4.69) is 20.4 Å². The molecule has 0 saturated heterocycles. The van der Waals surface area contributed by atoms with Gasteiger partial charge in [0.25, 0.3) is 0 Å². The smallest absolute Gasteiger partial charge is 0.244 e. The number of amides is 1. The van der Waals surface area contributed by atoms with Crippen molar-refractivity contribution in [3.8, 4) is 11.4 Å². The number of aryl methyl sites for hydroxylation is 1. The zero-order chi connectivity index (χ0) is 22.4. The number of pyridine rings is 1.